The SMILES string of the molecule is COc1ccc(C2CC(c3ccccc3)=NN2C(=O)COC(=O)c2cccc(F)c2)cc1. The fraction of sp³-hybridized carbons (Fsp3) is 0.160. The number of ether oxygens (including phenoxy) is 2. The molecule has 1 amide bonds. The molecule has 0 radical (unpaired) electrons. The number of rotatable bonds is 6. The van der Waals surface area contributed by atoms with Crippen LogP contribution in [0.4, 0.5) is 4.39 Å². The number of hydrogen-bond donors (Lipinski definition) is 0. The average molecular weight is 432 g/mol. The average Bonchev–Trinajstić information content (AvgIpc) is 3.28. The number of esters is 1. The topological polar surface area (TPSA) is 68.2 Å². The number of hydrogen-bond acceptors (Lipinski definition) is 5. The molecule has 6 nitrogen and oxygen atoms in total. The van der Waals surface area contributed by atoms with Gasteiger partial charge in [0.05, 0.1) is 24.4 Å². The molecule has 3 aromatic rings. The highest BCUT2D eigenvalue weighted by Crippen LogP contribution is 2.33. The molecule has 4 rings (SSSR count). The Hall–Kier alpha value is -4.00. The molecule has 0 saturated carbocycles. The molecule has 0 bridgehead atoms. The van der Waals surface area contributed by atoms with Gasteiger partial charge in [0.15, 0.2) is 6.61 Å². The number of halogens is 1. The Labute approximate surface area is 184 Å². The van der Waals surface area contributed by atoms with Crippen LogP contribution in [-0.4, -0.2) is 36.3 Å². The first-order valence-electron chi connectivity index (χ1n) is 10.1. The molecule has 162 valence electrons. The zero-order valence-corrected chi connectivity index (χ0v) is 17.4. The maximum Gasteiger partial charge on any atom is 0.338 e. The van der Waals surface area contributed by atoms with E-state index in [1.165, 1.54) is 23.2 Å². The summed E-state index contributed by atoms with van der Waals surface area (Å²) in [5.74, 6) is -1.09. The van der Waals surface area contributed by atoms with Crippen LogP contribution in [0.1, 0.15) is 33.9 Å². The molecule has 3 aromatic carbocycles. The number of methoxy groups -OCH3 is 1. The van der Waals surface area contributed by atoms with Gasteiger partial charge >= 0.3 is 5.97 Å². The summed E-state index contributed by atoms with van der Waals surface area (Å²) in [6.45, 7) is -0.506. The van der Waals surface area contributed by atoms with Crippen LogP contribution in [0.25, 0.3) is 0 Å². The number of amides is 1. The highest BCUT2D eigenvalue weighted by Gasteiger charge is 2.33. The van der Waals surface area contributed by atoms with Crippen LogP contribution >= 0.6 is 0 Å². The molecular weight excluding hydrogens is 411 g/mol. The molecule has 1 aliphatic rings. The molecule has 0 saturated heterocycles. The normalized spacial score (nSPS) is 15.2. The van der Waals surface area contributed by atoms with Gasteiger partial charge in [0.2, 0.25) is 0 Å². The molecule has 1 unspecified atom stereocenters. The van der Waals surface area contributed by atoms with Crippen LogP contribution in [0, 0.1) is 5.82 Å². The van der Waals surface area contributed by atoms with Gasteiger partial charge in [-0.3, -0.25) is 4.79 Å². The van der Waals surface area contributed by atoms with Crippen LogP contribution in [0.15, 0.2) is 84.0 Å². The Balaban J connectivity index is 1.54. The molecule has 0 spiro atoms. The first-order valence-corrected chi connectivity index (χ1v) is 10.1. The smallest absolute Gasteiger partial charge is 0.338 e. The molecule has 7 heteroatoms. The van der Waals surface area contributed by atoms with E-state index < -0.39 is 24.3 Å². The third-order valence-corrected chi connectivity index (χ3v) is 5.16. The van der Waals surface area contributed by atoms with Crippen molar-refractivity contribution in [1.29, 1.82) is 0 Å². The third kappa shape index (κ3) is 4.67. The van der Waals surface area contributed by atoms with E-state index in [9.17, 15) is 14.0 Å². The van der Waals surface area contributed by atoms with Crippen molar-refractivity contribution in [3.05, 3.63) is 101 Å². The van der Waals surface area contributed by atoms with Crippen LogP contribution in [0.5, 0.6) is 5.75 Å². The number of nitrogens with zero attached hydrogens (tertiary/aromatic N) is 2. The zero-order valence-electron chi connectivity index (χ0n) is 17.4. The first-order chi connectivity index (χ1) is 15.5. The largest absolute Gasteiger partial charge is 0.497 e. The molecule has 0 aromatic heterocycles. The Morgan fingerprint density at radius 2 is 1.78 bits per heavy atom. The van der Waals surface area contributed by atoms with E-state index in [1.807, 2.05) is 54.6 Å². The van der Waals surface area contributed by atoms with Crippen LogP contribution in [0.2, 0.25) is 0 Å². The van der Waals surface area contributed by atoms with Gasteiger partial charge in [-0.2, -0.15) is 5.10 Å². The molecule has 0 N–H and O–H groups in total. The van der Waals surface area contributed by atoms with Gasteiger partial charge in [0.25, 0.3) is 5.91 Å². The lowest BCUT2D eigenvalue weighted by Crippen LogP contribution is -2.31. The number of hydrazone groups is 1. The fourth-order valence-corrected chi connectivity index (χ4v) is 3.52. The second-order valence-electron chi connectivity index (χ2n) is 7.23. The van der Waals surface area contributed by atoms with E-state index in [4.69, 9.17) is 9.47 Å². The van der Waals surface area contributed by atoms with Gasteiger partial charge in [-0.15, -0.1) is 0 Å². The van der Waals surface area contributed by atoms with E-state index in [1.54, 1.807) is 7.11 Å². The lowest BCUT2D eigenvalue weighted by molar-refractivity contribution is -0.136. The zero-order chi connectivity index (χ0) is 22.5. The Morgan fingerprint density at radius 3 is 2.47 bits per heavy atom. The summed E-state index contributed by atoms with van der Waals surface area (Å²) in [5, 5.41) is 5.89. The van der Waals surface area contributed by atoms with Crippen LogP contribution in [0.3, 0.4) is 0 Å². The predicted molar refractivity (Wildman–Crippen MR) is 117 cm³/mol. The summed E-state index contributed by atoms with van der Waals surface area (Å²) >= 11 is 0. The van der Waals surface area contributed by atoms with E-state index in [-0.39, 0.29) is 11.6 Å². The second kappa shape index (κ2) is 9.43. The molecular formula is C25H21FN2O4. The maximum atomic E-state index is 13.4. The minimum atomic E-state index is -0.773. The Morgan fingerprint density at radius 1 is 1.03 bits per heavy atom. The van der Waals surface area contributed by atoms with Gasteiger partial charge in [-0.1, -0.05) is 48.5 Å². The standard InChI is InChI=1S/C25H21FN2O4/c1-31-21-12-10-18(11-13-21)23-15-22(17-6-3-2-4-7-17)27-28(23)24(29)16-32-25(30)19-8-5-9-20(26)14-19/h2-14,23H,15-16H2,1H3. The molecule has 1 heterocycles. The fourth-order valence-electron chi connectivity index (χ4n) is 3.52. The van der Waals surface area contributed by atoms with Crippen molar-refractivity contribution in [2.24, 2.45) is 5.10 Å². The summed E-state index contributed by atoms with van der Waals surface area (Å²) in [4.78, 5) is 25.2. The number of carbonyl (C=O) groups is 2. The lowest BCUT2D eigenvalue weighted by atomic mass is 9.98. The highest BCUT2D eigenvalue weighted by molar-refractivity contribution is 6.03. The van der Waals surface area contributed by atoms with Crippen LogP contribution < -0.4 is 4.74 Å². The van der Waals surface area contributed by atoms with E-state index in [2.05, 4.69) is 5.10 Å². The van der Waals surface area contributed by atoms with Gasteiger partial charge in [0, 0.05) is 6.42 Å². The van der Waals surface area contributed by atoms with Crippen molar-refractivity contribution in [1.82, 2.24) is 5.01 Å². The van der Waals surface area contributed by atoms with Gasteiger partial charge in [0.1, 0.15) is 11.6 Å². The molecule has 1 atom stereocenters. The van der Waals surface area contributed by atoms with Crippen molar-refractivity contribution < 1.29 is 23.5 Å². The van der Waals surface area contributed by atoms with Gasteiger partial charge in [-0.25, -0.2) is 14.2 Å². The summed E-state index contributed by atoms with van der Waals surface area (Å²) in [5.41, 5.74) is 2.60. The lowest BCUT2D eigenvalue weighted by Gasteiger charge is -2.22. The minimum absolute atomic E-state index is 0.0411. The van der Waals surface area contributed by atoms with Crippen molar-refractivity contribution in [3.8, 4) is 5.75 Å². The Kier molecular flexibility index (Phi) is 6.26. The summed E-state index contributed by atoms with van der Waals surface area (Å²) in [6.07, 6.45) is 0.514. The molecule has 0 aliphatic carbocycles. The van der Waals surface area contributed by atoms with Gasteiger partial charge < -0.3 is 9.47 Å². The predicted octanol–water partition coefficient (Wildman–Crippen LogP) is 4.37. The quantitative estimate of drug-likeness (QED) is 0.543. The van der Waals surface area contributed by atoms with E-state index in [0.29, 0.717) is 12.2 Å². The highest BCUT2D eigenvalue weighted by atomic mass is 19.1. The second-order valence-corrected chi connectivity index (χ2v) is 7.23. The van der Waals surface area contributed by atoms with E-state index >= 15 is 0 Å². The maximum absolute atomic E-state index is 13.4. The molecule has 32 heavy (non-hydrogen) atoms. The van der Waals surface area contributed by atoms with Crippen molar-refractivity contribution in [2.75, 3.05) is 13.7 Å². The third-order valence-electron chi connectivity index (χ3n) is 5.16. The molecule has 0 fully saturated rings. The molecule has 1 aliphatic heterocycles. The minimum Gasteiger partial charge on any atom is -0.497 e. The Bertz CT molecular complexity index is 1150. The van der Waals surface area contributed by atoms with Crippen molar-refractivity contribution >= 4 is 17.6 Å². The number of carbonyl (C=O) groups excluding carboxylic acids is 2. The summed E-state index contributed by atoms with van der Waals surface area (Å²) < 4.78 is 23.7. The van der Waals surface area contributed by atoms with Gasteiger partial charge in [-0.05, 0) is 41.5 Å². The van der Waals surface area contributed by atoms with Crippen LogP contribution in [-0.2, 0) is 9.53 Å². The van der Waals surface area contributed by atoms with Crippen molar-refractivity contribution in [3.63, 3.8) is 0 Å². The van der Waals surface area contributed by atoms with Crippen molar-refractivity contribution in [2.45, 2.75) is 12.5 Å². The summed E-state index contributed by atoms with van der Waals surface area (Å²) in [6, 6.07) is 21.8. The first kappa shape index (κ1) is 21.2. The summed E-state index contributed by atoms with van der Waals surface area (Å²) in [7, 11) is 1.59. The number of benzene rings is 3. The monoisotopic (exact) mass is 432 g/mol. The van der Waals surface area contributed by atoms with E-state index in [0.717, 1.165) is 22.9 Å².